The fourth-order valence-electron chi connectivity index (χ4n) is 9.72. The summed E-state index contributed by atoms with van der Waals surface area (Å²) in [5.74, 6) is -2.98. The number of rotatable bonds is 16. The maximum Gasteiger partial charge on any atom is 0.250 e. The molecule has 0 aliphatic heterocycles. The molecule has 0 saturated heterocycles. The van der Waals surface area contributed by atoms with E-state index in [1.165, 1.54) is 18.2 Å². The minimum atomic E-state index is -0.579. The van der Waals surface area contributed by atoms with Crippen LogP contribution in [0.3, 0.4) is 0 Å². The third-order valence-corrected chi connectivity index (χ3v) is 14.3. The minimum absolute atomic E-state index is 0.00720. The second kappa shape index (κ2) is 32.7. The minimum Gasteiger partial charge on any atom is -0.399 e. The summed E-state index contributed by atoms with van der Waals surface area (Å²) in [6.07, 6.45) is 0.767. The van der Waals surface area contributed by atoms with Crippen molar-refractivity contribution in [3.05, 3.63) is 301 Å². The molecule has 488 valence electrons. The molecule has 0 saturated carbocycles. The molecule has 10 aromatic rings. The van der Waals surface area contributed by atoms with E-state index in [2.05, 4.69) is 0 Å². The number of amides is 5. The van der Waals surface area contributed by atoms with Gasteiger partial charge in [-0.3, -0.25) is 43.2 Å². The Bertz CT molecular complexity index is 4480. The molecule has 0 aromatic heterocycles. The predicted molar refractivity (Wildman–Crippen MR) is 379 cm³/mol. The lowest BCUT2D eigenvalue weighted by molar-refractivity contribution is 0.0985. The van der Waals surface area contributed by atoms with Crippen molar-refractivity contribution in [2.75, 3.05) is 40.1 Å². The largest absolute Gasteiger partial charge is 0.399 e. The number of carbonyl (C=O) groups is 9. The normalized spacial score (nSPS) is 10.2. The van der Waals surface area contributed by atoms with Gasteiger partial charge in [0.25, 0.3) is 11.8 Å². The van der Waals surface area contributed by atoms with Crippen molar-refractivity contribution in [1.29, 1.82) is 0 Å². The van der Waals surface area contributed by atoms with Gasteiger partial charge in [-0.25, -0.2) is 0 Å². The second-order valence-corrected chi connectivity index (χ2v) is 22.4. The van der Waals surface area contributed by atoms with Crippen LogP contribution in [0.5, 0.6) is 0 Å². The van der Waals surface area contributed by atoms with Gasteiger partial charge in [0, 0.05) is 96.3 Å². The maximum atomic E-state index is 12.3. The van der Waals surface area contributed by atoms with E-state index in [1.54, 1.807) is 153 Å². The molecule has 21 nitrogen and oxygen atoms in total. The molecule has 10 rings (SSSR count). The highest BCUT2D eigenvalue weighted by Gasteiger charge is 2.16. The van der Waals surface area contributed by atoms with Crippen LogP contribution in [-0.4, -0.2) is 52.7 Å². The second-order valence-electron chi connectivity index (χ2n) is 22.4. The van der Waals surface area contributed by atoms with E-state index in [1.807, 2.05) is 63.2 Å². The third-order valence-electron chi connectivity index (χ3n) is 14.3. The molecular weight excluding hydrogens is 1210 g/mol. The van der Waals surface area contributed by atoms with Crippen LogP contribution in [0, 0.1) is 20.8 Å². The number of anilines is 7. The van der Waals surface area contributed by atoms with E-state index >= 15 is 0 Å². The molecule has 0 fully saturated rings. The van der Waals surface area contributed by atoms with Gasteiger partial charge in [-0.1, -0.05) is 66.7 Å². The number of Topliss-reactive ketones (excluding diaryl/α,β-unsaturated/α-hetero) is 2. The fraction of sp³-hybridized carbons (Fsp3) is 0.0800. The average Bonchev–Trinajstić information content (AvgIpc) is 0.906. The number of nitrogens with two attached hydrogens (primary N) is 12. The molecule has 0 heterocycles. The number of benzene rings is 10. The SMILES string of the molecule is CC(=O)c1cccc(-c2cc(N)cc(N)c2)c1.Cc1cc(N)cc(C(=O)Cc2ccc(C(N)=O)cc2)c1.Cc1cc(N)cc(C(=O)c2ccc(C(N)=O)cc2)c1.Cc1cc(N)cc(C(=O)c2cccc(C(N)=O)c2)c1.NC(=O)c1cc(Cc2ccc(N)c(C(N)=O)c2)ccc1N. The summed E-state index contributed by atoms with van der Waals surface area (Å²) >= 11 is 0. The summed E-state index contributed by atoms with van der Waals surface area (Å²) < 4.78 is 0. The first kappa shape index (κ1) is 71.9. The lowest BCUT2D eigenvalue weighted by Crippen LogP contribution is -2.14. The Morgan fingerprint density at radius 2 is 0.667 bits per heavy atom. The van der Waals surface area contributed by atoms with E-state index < -0.39 is 29.5 Å². The molecule has 5 amide bonds. The highest BCUT2D eigenvalue weighted by Crippen LogP contribution is 2.27. The first-order valence-corrected chi connectivity index (χ1v) is 29.4. The lowest BCUT2D eigenvalue weighted by Gasteiger charge is -2.08. The van der Waals surface area contributed by atoms with Gasteiger partial charge in [-0.15, -0.1) is 0 Å². The van der Waals surface area contributed by atoms with Crippen molar-refractivity contribution >= 4 is 92.5 Å². The first-order valence-electron chi connectivity index (χ1n) is 29.4. The zero-order valence-corrected chi connectivity index (χ0v) is 53.1. The lowest BCUT2D eigenvalue weighted by atomic mass is 9.99. The van der Waals surface area contributed by atoms with Crippen LogP contribution < -0.4 is 68.8 Å². The summed E-state index contributed by atoms with van der Waals surface area (Å²) in [5, 5.41) is 0. The van der Waals surface area contributed by atoms with Crippen molar-refractivity contribution in [1.82, 2.24) is 0 Å². The quantitative estimate of drug-likeness (QED) is 0.0316. The Hall–Kier alpha value is -13.2. The molecule has 0 spiro atoms. The number of primary amides is 5. The molecule has 96 heavy (non-hydrogen) atoms. The molecule has 21 heteroatoms. The zero-order chi connectivity index (χ0) is 70.7. The van der Waals surface area contributed by atoms with Gasteiger partial charge in [0.2, 0.25) is 17.7 Å². The number of nitrogen functional groups attached to an aromatic ring is 7. The molecule has 0 aliphatic rings. The van der Waals surface area contributed by atoms with Gasteiger partial charge in [-0.2, -0.15) is 0 Å². The molecule has 0 aliphatic carbocycles. The summed E-state index contributed by atoms with van der Waals surface area (Å²) in [6, 6.07) is 57.9. The van der Waals surface area contributed by atoms with Crippen LogP contribution in [0.2, 0.25) is 0 Å². The van der Waals surface area contributed by atoms with Gasteiger partial charge < -0.3 is 68.8 Å². The monoisotopic (exact) mass is 1290 g/mol. The van der Waals surface area contributed by atoms with Crippen molar-refractivity contribution in [3.63, 3.8) is 0 Å². The van der Waals surface area contributed by atoms with E-state index in [9.17, 15) is 43.2 Å². The van der Waals surface area contributed by atoms with Crippen LogP contribution in [-0.2, 0) is 12.8 Å². The average molecular weight is 1290 g/mol. The van der Waals surface area contributed by atoms with Gasteiger partial charge >= 0.3 is 0 Å². The van der Waals surface area contributed by atoms with Crippen molar-refractivity contribution in [2.24, 2.45) is 28.7 Å². The van der Waals surface area contributed by atoms with E-state index in [4.69, 9.17) is 68.8 Å². The van der Waals surface area contributed by atoms with Crippen LogP contribution in [0.25, 0.3) is 11.1 Å². The highest BCUT2D eigenvalue weighted by atomic mass is 16.2. The standard InChI is InChI=1S/C16H16N2O2.C15H16N4O2.2C15H14N2O2.C14H14N2O/c1-10-6-13(9-14(17)7-10)15(19)8-11-2-4-12(5-3-11)16(18)20;16-12-3-1-8(6-10(12)14(18)20)5-9-2-4-13(17)11(7-9)15(19)21;1-9-6-12(8-13(16)7-9)14(18)10-2-4-11(5-3-10)15(17)19;1-9-5-12(8-13(16)6-9)14(18)10-3-2-4-11(7-10)15(17)19;1-9(17)10-3-2-4-11(5-10)12-6-13(15)8-14(16)7-12/h2-7,9H,8,17H2,1H3,(H2,18,20);1-4,6-7H,5,16-17H2,(H2,18,20)(H2,19,21);2*2-8H,16H2,1H3,(H2,17,19);2-8H,15-16H2,1H3. The Morgan fingerprint density at radius 3 is 1.10 bits per heavy atom. The van der Waals surface area contributed by atoms with Gasteiger partial charge in [0.05, 0.1) is 11.1 Å². The van der Waals surface area contributed by atoms with Crippen LogP contribution in [0.15, 0.2) is 206 Å². The number of carbonyl (C=O) groups excluding carboxylic acids is 9. The fourth-order valence-corrected chi connectivity index (χ4v) is 9.72. The highest BCUT2D eigenvalue weighted by molar-refractivity contribution is 6.11. The van der Waals surface area contributed by atoms with E-state index in [0.717, 1.165) is 44.5 Å². The van der Waals surface area contributed by atoms with Crippen LogP contribution in [0.4, 0.5) is 39.8 Å². The summed E-state index contributed by atoms with van der Waals surface area (Å²) in [7, 11) is 0. The number of aryl methyl sites for hydroxylation is 3. The Kier molecular flexibility index (Phi) is 24.5. The predicted octanol–water partition coefficient (Wildman–Crippen LogP) is 9.28. The molecule has 0 radical (unpaired) electrons. The van der Waals surface area contributed by atoms with Crippen molar-refractivity contribution in [2.45, 2.75) is 40.5 Å². The molecule has 10 aromatic carbocycles. The van der Waals surface area contributed by atoms with Crippen LogP contribution in [0.1, 0.15) is 145 Å². The molecule has 0 atom stereocenters. The van der Waals surface area contributed by atoms with E-state index in [-0.39, 0.29) is 40.7 Å². The molecule has 24 N–H and O–H groups in total. The Morgan fingerprint density at radius 1 is 0.292 bits per heavy atom. The number of hydrogen-bond acceptors (Lipinski definition) is 16. The molecule has 0 bridgehead atoms. The summed E-state index contributed by atoms with van der Waals surface area (Å²) in [5.41, 5.74) is 81.8. The summed E-state index contributed by atoms with van der Waals surface area (Å²) in [6.45, 7) is 7.19. The molecular formula is C75H74N12O9. The van der Waals surface area contributed by atoms with Crippen LogP contribution >= 0.6 is 0 Å². The third kappa shape index (κ3) is 20.9. The number of hydrogen-bond donors (Lipinski definition) is 12. The Balaban J connectivity index is 0.000000190. The van der Waals surface area contributed by atoms with Gasteiger partial charge in [-0.05, 0) is 218 Å². The molecule has 0 unspecified atom stereocenters. The first-order chi connectivity index (χ1) is 45.3. The van der Waals surface area contributed by atoms with Crippen molar-refractivity contribution in [3.8, 4) is 11.1 Å². The smallest absolute Gasteiger partial charge is 0.250 e. The van der Waals surface area contributed by atoms with E-state index in [0.29, 0.717) is 96.3 Å². The number of ketones is 4. The Labute approximate surface area is 554 Å². The van der Waals surface area contributed by atoms with Gasteiger partial charge in [0.1, 0.15) is 0 Å². The van der Waals surface area contributed by atoms with Crippen molar-refractivity contribution < 1.29 is 43.2 Å². The summed E-state index contributed by atoms with van der Waals surface area (Å²) in [4.78, 5) is 104. The zero-order valence-electron chi connectivity index (χ0n) is 53.1. The van der Waals surface area contributed by atoms with Gasteiger partial charge in [0.15, 0.2) is 23.1 Å². The topological polar surface area (TPSA) is 466 Å². The maximum absolute atomic E-state index is 12.3.